The fourth-order valence-corrected chi connectivity index (χ4v) is 2.98. The molecule has 3 heterocycles. The summed E-state index contributed by atoms with van der Waals surface area (Å²) in [6.07, 6.45) is 3.95. The van der Waals surface area contributed by atoms with E-state index in [9.17, 15) is 4.79 Å². The maximum Gasteiger partial charge on any atom is 0.255 e. The minimum Gasteiger partial charge on any atom is -0.322 e. The molecule has 0 fully saturated rings. The van der Waals surface area contributed by atoms with E-state index in [1.807, 2.05) is 59.3 Å². The maximum absolute atomic E-state index is 12.5. The predicted octanol–water partition coefficient (Wildman–Crippen LogP) is 3.52. The first-order chi connectivity index (χ1) is 13.3. The number of aromatic nitrogens is 5. The number of hydrogen-bond donors (Lipinski definition) is 2. The molecule has 0 spiro atoms. The number of nitrogens with one attached hydrogen (secondary N) is 2. The minimum absolute atomic E-state index is 0.194. The number of amides is 1. The van der Waals surface area contributed by atoms with Crippen LogP contribution in [-0.2, 0) is 0 Å². The van der Waals surface area contributed by atoms with Gasteiger partial charge in [-0.15, -0.1) is 0 Å². The number of carbonyl (C=O) groups excluding carboxylic acids is 1. The van der Waals surface area contributed by atoms with E-state index >= 15 is 0 Å². The van der Waals surface area contributed by atoms with E-state index in [0.29, 0.717) is 16.8 Å². The van der Waals surface area contributed by atoms with Crippen molar-refractivity contribution in [2.75, 3.05) is 5.32 Å². The Bertz CT molecular complexity index is 1240. The second-order valence-electron chi connectivity index (χ2n) is 6.15. The molecule has 5 aromatic rings. The first-order valence-electron chi connectivity index (χ1n) is 8.42. The van der Waals surface area contributed by atoms with Crippen LogP contribution < -0.4 is 5.32 Å². The molecule has 0 radical (unpaired) electrons. The number of anilines is 1. The lowest BCUT2D eigenvalue weighted by Gasteiger charge is -2.06. The molecule has 1 amide bonds. The van der Waals surface area contributed by atoms with Crippen molar-refractivity contribution in [3.8, 4) is 11.3 Å². The molecule has 0 aliphatic carbocycles. The van der Waals surface area contributed by atoms with Gasteiger partial charge in [-0.1, -0.05) is 18.2 Å². The second-order valence-corrected chi connectivity index (χ2v) is 6.15. The van der Waals surface area contributed by atoms with Gasteiger partial charge in [-0.2, -0.15) is 15.4 Å². The monoisotopic (exact) mass is 354 g/mol. The topological polar surface area (TPSA) is 88.0 Å². The molecule has 2 N–H and O–H groups in total. The number of imidazole rings is 1. The highest BCUT2D eigenvalue weighted by molar-refractivity contribution is 6.05. The van der Waals surface area contributed by atoms with E-state index in [4.69, 9.17) is 0 Å². The van der Waals surface area contributed by atoms with Crippen LogP contribution in [0.2, 0.25) is 0 Å². The minimum atomic E-state index is -0.194. The van der Waals surface area contributed by atoms with E-state index in [2.05, 4.69) is 25.7 Å². The predicted molar refractivity (Wildman–Crippen MR) is 102 cm³/mol. The van der Waals surface area contributed by atoms with Gasteiger partial charge in [0.2, 0.25) is 0 Å². The zero-order valence-electron chi connectivity index (χ0n) is 14.1. The number of aromatic amines is 1. The van der Waals surface area contributed by atoms with Crippen molar-refractivity contribution in [1.82, 2.24) is 24.8 Å². The Morgan fingerprint density at radius 3 is 2.67 bits per heavy atom. The van der Waals surface area contributed by atoms with Crippen LogP contribution in [0.25, 0.3) is 27.9 Å². The molecular weight excluding hydrogens is 340 g/mol. The van der Waals surface area contributed by atoms with Gasteiger partial charge in [0, 0.05) is 29.2 Å². The van der Waals surface area contributed by atoms with Gasteiger partial charge in [0.1, 0.15) is 16.7 Å². The summed E-state index contributed by atoms with van der Waals surface area (Å²) in [5, 5.41) is 13.4. The number of pyridine rings is 1. The molecule has 27 heavy (non-hydrogen) atoms. The molecule has 130 valence electrons. The Hall–Kier alpha value is -4.00. The van der Waals surface area contributed by atoms with E-state index < -0.39 is 0 Å². The van der Waals surface area contributed by atoms with Crippen LogP contribution in [0.3, 0.4) is 0 Å². The summed E-state index contributed by atoms with van der Waals surface area (Å²) >= 11 is 0. The standard InChI is InChI=1S/C20H14N6O/c27-20(14-6-9-16-17(11-14)24-25-23-16)21-15-7-4-13(5-8-15)18-12-26-10-2-1-3-19(26)22-18/h1-12H,(H,21,27)(H,23,24,25). The van der Waals surface area contributed by atoms with Crippen molar-refractivity contribution >= 4 is 28.3 Å². The quantitative estimate of drug-likeness (QED) is 0.519. The lowest BCUT2D eigenvalue weighted by atomic mass is 10.1. The molecule has 0 aliphatic heterocycles. The molecule has 3 aromatic heterocycles. The van der Waals surface area contributed by atoms with Crippen LogP contribution in [0.1, 0.15) is 10.4 Å². The summed E-state index contributed by atoms with van der Waals surface area (Å²) in [6.45, 7) is 0. The summed E-state index contributed by atoms with van der Waals surface area (Å²) in [4.78, 5) is 17.1. The SMILES string of the molecule is O=C(Nc1ccc(-c2cn3ccccc3n2)cc1)c1ccc2n[nH]nc2c1. The van der Waals surface area contributed by atoms with Crippen LogP contribution in [0, 0.1) is 0 Å². The molecular formula is C20H14N6O. The Kier molecular flexibility index (Phi) is 3.43. The number of hydrogen-bond acceptors (Lipinski definition) is 4. The van der Waals surface area contributed by atoms with Crippen molar-refractivity contribution in [2.24, 2.45) is 0 Å². The zero-order chi connectivity index (χ0) is 18.2. The maximum atomic E-state index is 12.5. The van der Waals surface area contributed by atoms with Gasteiger partial charge in [-0.3, -0.25) is 4.79 Å². The van der Waals surface area contributed by atoms with Gasteiger partial charge in [0.25, 0.3) is 5.91 Å². The second kappa shape index (κ2) is 6.06. The zero-order valence-corrected chi connectivity index (χ0v) is 14.1. The molecule has 0 saturated carbocycles. The molecule has 7 heteroatoms. The van der Waals surface area contributed by atoms with E-state index in [-0.39, 0.29) is 5.91 Å². The van der Waals surface area contributed by atoms with E-state index in [1.165, 1.54) is 0 Å². The average molecular weight is 354 g/mol. The smallest absolute Gasteiger partial charge is 0.255 e. The van der Waals surface area contributed by atoms with Gasteiger partial charge in [-0.05, 0) is 42.5 Å². The Morgan fingerprint density at radius 1 is 0.963 bits per heavy atom. The number of rotatable bonds is 3. The van der Waals surface area contributed by atoms with Crippen LogP contribution in [0.5, 0.6) is 0 Å². The molecule has 0 saturated heterocycles. The molecule has 0 bridgehead atoms. The number of H-pyrrole nitrogens is 1. The van der Waals surface area contributed by atoms with Crippen LogP contribution in [-0.4, -0.2) is 30.7 Å². The summed E-state index contributed by atoms with van der Waals surface area (Å²) in [7, 11) is 0. The van der Waals surface area contributed by atoms with Crippen molar-refractivity contribution < 1.29 is 4.79 Å². The highest BCUT2D eigenvalue weighted by Crippen LogP contribution is 2.22. The molecule has 7 nitrogen and oxygen atoms in total. The number of carbonyl (C=O) groups is 1. The highest BCUT2D eigenvalue weighted by atomic mass is 16.1. The largest absolute Gasteiger partial charge is 0.322 e. The van der Waals surface area contributed by atoms with E-state index in [1.54, 1.807) is 18.2 Å². The third-order valence-corrected chi connectivity index (χ3v) is 4.38. The fraction of sp³-hybridized carbons (Fsp3) is 0. The van der Waals surface area contributed by atoms with Crippen molar-refractivity contribution in [3.05, 3.63) is 78.6 Å². The molecule has 0 unspecified atom stereocenters. The fourth-order valence-electron chi connectivity index (χ4n) is 2.98. The highest BCUT2D eigenvalue weighted by Gasteiger charge is 2.09. The Labute approximate surface area is 153 Å². The van der Waals surface area contributed by atoms with Crippen molar-refractivity contribution in [2.45, 2.75) is 0 Å². The Morgan fingerprint density at radius 2 is 1.81 bits per heavy atom. The Balaban J connectivity index is 1.37. The summed E-state index contributed by atoms with van der Waals surface area (Å²) in [5.74, 6) is -0.194. The summed E-state index contributed by atoms with van der Waals surface area (Å²) in [5.41, 5.74) is 5.39. The summed E-state index contributed by atoms with van der Waals surface area (Å²) < 4.78 is 1.98. The lowest BCUT2D eigenvalue weighted by Crippen LogP contribution is -2.11. The van der Waals surface area contributed by atoms with Gasteiger partial charge in [0.15, 0.2) is 0 Å². The first-order valence-corrected chi connectivity index (χ1v) is 8.42. The van der Waals surface area contributed by atoms with Gasteiger partial charge >= 0.3 is 0 Å². The van der Waals surface area contributed by atoms with Gasteiger partial charge in [0.05, 0.1) is 5.69 Å². The normalized spacial score (nSPS) is 11.1. The molecule has 0 atom stereocenters. The van der Waals surface area contributed by atoms with Crippen LogP contribution in [0.4, 0.5) is 5.69 Å². The summed E-state index contributed by atoms with van der Waals surface area (Å²) in [6, 6.07) is 18.7. The third kappa shape index (κ3) is 2.81. The average Bonchev–Trinajstić information content (AvgIpc) is 3.34. The van der Waals surface area contributed by atoms with Crippen molar-refractivity contribution in [1.29, 1.82) is 0 Å². The molecule has 5 rings (SSSR count). The lowest BCUT2D eigenvalue weighted by molar-refractivity contribution is 0.102. The number of benzene rings is 2. The third-order valence-electron chi connectivity index (χ3n) is 4.38. The van der Waals surface area contributed by atoms with Crippen molar-refractivity contribution in [3.63, 3.8) is 0 Å². The number of nitrogens with zero attached hydrogens (tertiary/aromatic N) is 4. The van der Waals surface area contributed by atoms with Crippen LogP contribution in [0.15, 0.2) is 73.1 Å². The van der Waals surface area contributed by atoms with Crippen LogP contribution >= 0.6 is 0 Å². The van der Waals surface area contributed by atoms with Gasteiger partial charge < -0.3 is 9.72 Å². The van der Waals surface area contributed by atoms with E-state index in [0.717, 1.165) is 22.4 Å². The molecule has 2 aromatic carbocycles. The molecule has 0 aliphatic rings. The number of fused-ring (bicyclic) bond motifs is 2. The first kappa shape index (κ1) is 15.3. The van der Waals surface area contributed by atoms with Gasteiger partial charge in [-0.25, -0.2) is 4.98 Å².